The van der Waals surface area contributed by atoms with Gasteiger partial charge in [-0.2, -0.15) is 0 Å². The molecule has 0 bridgehead atoms. The van der Waals surface area contributed by atoms with Gasteiger partial charge in [-0.3, -0.25) is 19.4 Å². The lowest BCUT2D eigenvalue weighted by atomic mass is 9.98. The van der Waals surface area contributed by atoms with Gasteiger partial charge in [0.25, 0.3) is 5.91 Å². The van der Waals surface area contributed by atoms with Crippen molar-refractivity contribution in [3.8, 4) is 0 Å². The van der Waals surface area contributed by atoms with Gasteiger partial charge in [0.1, 0.15) is 5.82 Å². The van der Waals surface area contributed by atoms with Crippen molar-refractivity contribution in [1.29, 1.82) is 0 Å². The van der Waals surface area contributed by atoms with Crippen molar-refractivity contribution in [3.05, 3.63) is 68.3 Å². The Labute approximate surface area is 198 Å². The van der Waals surface area contributed by atoms with Crippen molar-refractivity contribution in [2.75, 3.05) is 12.3 Å². The third kappa shape index (κ3) is 5.89. The van der Waals surface area contributed by atoms with Gasteiger partial charge in [-0.05, 0) is 44.4 Å². The molecule has 3 rings (SSSR count). The summed E-state index contributed by atoms with van der Waals surface area (Å²) in [5.74, 6) is -0.271. The molecule has 0 aromatic carbocycles. The first-order chi connectivity index (χ1) is 16.2. The van der Waals surface area contributed by atoms with Crippen LogP contribution in [0.15, 0.2) is 40.5 Å². The maximum absolute atomic E-state index is 13.1. The van der Waals surface area contributed by atoms with E-state index in [0.29, 0.717) is 41.2 Å². The first kappa shape index (κ1) is 25.1. The minimum atomic E-state index is -0.307. The van der Waals surface area contributed by atoms with Gasteiger partial charge in [0.2, 0.25) is 5.91 Å². The van der Waals surface area contributed by atoms with Gasteiger partial charge >= 0.3 is 0 Å². The number of hydrazine groups is 1. The highest BCUT2D eigenvalue weighted by atomic mass is 16.3. The third-order valence-corrected chi connectivity index (χ3v) is 6.01. The van der Waals surface area contributed by atoms with Gasteiger partial charge in [-0.15, -0.1) is 0 Å². The fraction of sp³-hybridized carbons (Fsp3) is 0.417. The number of pyridine rings is 2. The second-order valence-corrected chi connectivity index (χ2v) is 8.37. The van der Waals surface area contributed by atoms with Crippen LogP contribution in [0.3, 0.4) is 0 Å². The van der Waals surface area contributed by atoms with Crippen LogP contribution in [0.5, 0.6) is 0 Å². The summed E-state index contributed by atoms with van der Waals surface area (Å²) in [5, 5.41) is 13.8. The van der Waals surface area contributed by atoms with E-state index in [1.54, 1.807) is 18.5 Å². The van der Waals surface area contributed by atoms with Gasteiger partial charge in [0.05, 0.1) is 18.7 Å². The van der Waals surface area contributed by atoms with Gasteiger partial charge in [-0.1, -0.05) is 5.57 Å². The third-order valence-electron chi connectivity index (χ3n) is 6.01. The van der Waals surface area contributed by atoms with Crippen molar-refractivity contribution < 1.29 is 14.7 Å². The second-order valence-electron chi connectivity index (χ2n) is 8.37. The molecule has 5 N–H and O–H groups in total. The normalized spacial score (nSPS) is 14.0. The molecule has 3 heterocycles. The van der Waals surface area contributed by atoms with Crippen LogP contribution in [0.1, 0.15) is 49.1 Å². The van der Waals surface area contributed by atoms with Crippen LogP contribution in [-0.4, -0.2) is 38.0 Å². The Morgan fingerprint density at radius 2 is 2.03 bits per heavy atom. The van der Waals surface area contributed by atoms with Gasteiger partial charge in [0, 0.05) is 55.8 Å². The molecule has 182 valence electrons. The Morgan fingerprint density at radius 3 is 2.74 bits per heavy atom. The van der Waals surface area contributed by atoms with Crippen LogP contribution in [0.2, 0.25) is 0 Å². The van der Waals surface area contributed by atoms with Crippen molar-refractivity contribution in [1.82, 2.24) is 25.3 Å². The molecule has 0 radical (unpaired) electrons. The monoisotopic (exact) mass is 468 g/mol. The number of aryl methyl sites for hydroxylation is 2. The summed E-state index contributed by atoms with van der Waals surface area (Å²) in [7, 11) is 0. The molecular weight excluding hydrogens is 436 g/mol. The molecule has 34 heavy (non-hydrogen) atoms. The van der Waals surface area contributed by atoms with Crippen LogP contribution < -0.4 is 21.9 Å². The van der Waals surface area contributed by atoms with E-state index in [-0.39, 0.29) is 43.4 Å². The maximum Gasteiger partial charge on any atom is 0.264 e. The first-order valence-corrected chi connectivity index (χ1v) is 11.3. The van der Waals surface area contributed by atoms with E-state index in [1.165, 1.54) is 11.1 Å². The fourth-order valence-electron chi connectivity index (χ4n) is 3.92. The summed E-state index contributed by atoms with van der Waals surface area (Å²) in [6.45, 7) is 6.98. The Kier molecular flexibility index (Phi) is 8.19. The van der Waals surface area contributed by atoms with E-state index in [4.69, 9.17) is 5.73 Å². The average Bonchev–Trinajstić information content (AvgIpc) is 2.81. The number of rotatable bonds is 9. The maximum atomic E-state index is 13.1. The minimum Gasteiger partial charge on any atom is -0.390 e. The molecule has 1 aliphatic heterocycles. The number of nitrogens with one attached hydrogen (secondary N) is 2. The predicted molar refractivity (Wildman–Crippen MR) is 128 cm³/mol. The molecule has 0 saturated carbocycles. The summed E-state index contributed by atoms with van der Waals surface area (Å²) >= 11 is 0. The molecule has 0 spiro atoms. The molecular formula is C24H32N6O4. The molecule has 2 aromatic rings. The molecule has 0 unspecified atom stereocenters. The number of nitrogens with zero attached hydrogens (tertiary/aromatic N) is 3. The quantitative estimate of drug-likeness (QED) is 0.428. The van der Waals surface area contributed by atoms with Crippen LogP contribution >= 0.6 is 0 Å². The molecule has 0 fully saturated rings. The predicted octanol–water partition coefficient (Wildman–Crippen LogP) is 0.906. The van der Waals surface area contributed by atoms with Crippen molar-refractivity contribution in [2.45, 2.75) is 59.9 Å². The fourth-order valence-corrected chi connectivity index (χ4v) is 3.92. The van der Waals surface area contributed by atoms with Crippen LogP contribution in [0.4, 0.5) is 5.82 Å². The first-order valence-electron chi connectivity index (χ1n) is 11.3. The van der Waals surface area contributed by atoms with Gasteiger partial charge in [0.15, 0.2) is 5.43 Å². The van der Waals surface area contributed by atoms with E-state index in [1.807, 2.05) is 25.3 Å². The Bertz CT molecular complexity index is 1170. The lowest BCUT2D eigenvalue weighted by Gasteiger charge is -2.30. The molecule has 10 nitrogen and oxygen atoms in total. The number of aliphatic hydroxyl groups is 1. The molecule has 0 atom stereocenters. The minimum absolute atomic E-state index is 0.0628. The zero-order valence-corrected chi connectivity index (χ0v) is 19.9. The van der Waals surface area contributed by atoms with Crippen LogP contribution in [0.25, 0.3) is 0 Å². The molecule has 0 saturated heterocycles. The topological polar surface area (TPSA) is 143 Å². The van der Waals surface area contributed by atoms with E-state index in [9.17, 15) is 19.5 Å². The second kappa shape index (κ2) is 11.1. The van der Waals surface area contributed by atoms with Crippen LogP contribution in [-0.2, 0) is 35.8 Å². The number of nitrogen functional groups attached to an aromatic ring is 1. The van der Waals surface area contributed by atoms with E-state index >= 15 is 0 Å². The average molecular weight is 469 g/mol. The largest absolute Gasteiger partial charge is 0.390 e. The SMILES string of the molecule is CCn1ccc(=O)c(CNN2CCC(C)=C(CC(=O)NCc3c(C)cc(N)nc3CO)C2=O)c1. The summed E-state index contributed by atoms with van der Waals surface area (Å²) in [6.07, 6.45) is 4.07. The number of nitrogens with two attached hydrogens (primary N) is 1. The summed E-state index contributed by atoms with van der Waals surface area (Å²) in [6, 6.07) is 3.20. The molecule has 0 aliphatic carbocycles. The number of carbonyl (C=O) groups is 2. The van der Waals surface area contributed by atoms with Crippen molar-refractivity contribution >= 4 is 17.6 Å². The van der Waals surface area contributed by atoms with Crippen LogP contribution in [0, 0.1) is 6.92 Å². The number of hydrogen-bond acceptors (Lipinski definition) is 7. The number of carbonyl (C=O) groups excluding carboxylic acids is 2. The van der Waals surface area contributed by atoms with Gasteiger partial charge in [-0.25, -0.2) is 10.4 Å². The zero-order valence-electron chi connectivity index (χ0n) is 19.9. The number of aliphatic hydroxyl groups excluding tert-OH is 1. The highest BCUT2D eigenvalue weighted by molar-refractivity contribution is 5.99. The number of anilines is 1. The molecule has 2 amide bonds. The molecule has 2 aromatic heterocycles. The Morgan fingerprint density at radius 1 is 1.26 bits per heavy atom. The van der Waals surface area contributed by atoms with Gasteiger partial charge < -0.3 is 20.7 Å². The van der Waals surface area contributed by atoms with Crippen molar-refractivity contribution in [2.24, 2.45) is 0 Å². The Balaban J connectivity index is 1.63. The zero-order chi connectivity index (χ0) is 24.8. The number of hydrogen-bond donors (Lipinski definition) is 4. The highest BCUT2D eigenvalue weighted by Gasteiger charge is 2.27. The smallest absolute Gasteiger partial charge is 0.264 e. The van der Waals surface area contributed by atoms with Crippen molar-refractivity contribution in [3.63, 3.8) is 0 Å². The number of amides is 2. The lowest BCUT2D eigenvalue weighted by Crippen LogP contribution is -2.47. The summed E-state index contributed by atoms with van der Waals surface area (Å²) in [5.41, 5.74) is 12.5. The standard InChI is InChI=1S/C24H32N6O4/c1-4-29-7-6-21(32)17(13-29)11-27-30-8-5-15(2)18(24(30)34)10-23(33)26-12-19-16(3)9-22(25)28-20(19)14-31/h6-7,9,13,27,31H,4-5,8,10-12,14H2,1-3H3,(H2,25,28)(H,26,33). The van der Waals surface area contributed by atoms with E-state index < -0.39 is 0 Å². The van der Waals surface area contributed by atoms with E-state index in [2.05, 4.69) is 15.7 Å². The lowest BCUT2D eigenvalue weighted by molar-refractivity contribution is -0.132. The molecule has 10 heteroatoms. The summed E-state index contributed by atoms with van der Waals surface area (Å²) < 4.78 is 1.90. The van der Waals surface area contributed by atoms with E-state index in [0.717, 1.165) is 17.7 Å². The number of aromatic nitrogens is 2. The highest BCUT2D eigenvalue weighted by Crippen LogP contribution is 2.21. The Hall–Kier alpha value is -3.50. The molecule has 1 aliphatic rings. The summed E-state index contributed by atoms with van der Waals surface area (Å²) in [4.78, 5) is 42.0.